The zero-order valence-electron chi connectivity index (χ0n) is 5.90. The maximum absolute atomic E-state index is 11.5. The molecule has 1 atom stereocenters. The van der Waals surface area contributed by atoms with E-state index in [0.717, 1.165) is 0 Å². The molecule has 0 aromatic rings. The number of ketones is 1. The van der Waals surface area contributed by atoms with Crippen molar-refractivity contribution >= 4 is 5.78 Å². The Hall–Kier alpha value is -0.620. The zero-order chi connectivity index (χ0) is 9.07. The Bertz CT molecular complexity index is 143. The Morgan fingerprint density at radius 1 is 1.64 bits per heavy atom. The van der Waals surface area contributed by atoms with Gasteiger partial charge in [-0.05, 0) is 6.92 Å². The van der Waals surface area contributed by atoms with Gasteiger partial charge in [0, 0.05) is 0 Å². The van der Waals surface area contributed by atoms with Crippen LogP contribution in [0.4, 0.5) is 13.2 Å². The summed E-state index contributed by atoms with van der Waals surface area (Å²) >= 11 is 0. The molecule has 0 saturated carbocycles. The molecule has 3 N–H and O–H groups in total. The van der Waals surface area contributed by atoms with Crippen molar-refractivity contribution in [1.82, 2.24) is 5.32 Å². The number of alkyl halides is 3. The van der Waals surface area contributed by atoms with Gasteiger partial charge < -0.3 is 5.73 Å². The predicted octanol–water partition coefficient (Wildman–Crippen LogP) is 0.0121. The number of halogens is 3. The molecule has 0 spiro atoms. The van der Waals surface area contributed by atoms with Crippen molar-refractivity contribution in [3.05, 3.63) is 0 Å². The second kappa shape index (κ2) is 3.68. The van der Waals surface area contributed by atoms with Gasteiger partial charge in [0.2, 0.25) is 5.78 Å². The lowest BCUT2D eigenvalue weighted by atomic mass is 10.4. The van der Waals surface area contributed by atoms with E-state index in [1.807, 2.05) is 0 Å². The summed E-state index contributed by atoms with van der Waals surface area (Å²) in [6, 6.07) is 0. The van der Waals surface area contributed by atoms with Gasteiger partial charge in [0.15, 0.2) is 0 Å². The Labute approximate surface area is 61.7 Å². The molecule has 0 aliphatic heterocycles. The monoisotopic (exact) mass is 170 g/mol. The highest BCUT2D eigenvalue weighted by atomic mass is 19.4. The summed E-state index contributed by atoms with van der Waals surface area (Å²) in [6.45, 7) is 0.685. The van der Waals surface area contributed by atoms with E-state index in [1.165, 1.54) is 6.92 Å². The first-order valence-corrected chi connectivity index (χ1v) is 2.93. The van der Waals surface area contributed by atoms with E-state index in [9.17, 15) is 18.0 Å². The van der Waals surface area contributed by atoms with Crippen molar-refractivity contribution in [3.8, 4) is 0 Å². The third-order valence-corrected chi connectivity index (χ3v) is 0.901. The van der Waals surface area contributed by atoms with E-state index >= 15 is 0 Å². The standard InChI is InChI=1S/C5H9F3N2O/c1-3(9)10-2-4(11)5(6,7)8/h3,10H,2,9H2,1H3. The molecule has 0 heterocycles. The largest absolute Gasteiger partial charge is 0.451 e. The highest BCUT2D eigenvalue weighted by Gasteiger charge is 2.37. The molecule has 0 radical (unpaired) electrons. The molecule has 0 amide bonds. The minimum Gasteiger partial charge on any atom is -0.316 e. The SMILES string of the molecule is CC(N)NCC(=O)C(F)(F)F. The maximum Gasteiger partial charge on any atom is 0.451 e. The van der Waals surface area contributed by atoms with Gasteiger partial charge in [-0.1, -0.05) is 0 Å². The van der Waals surface area contributed by atoms with Gasteiger partial charge in [0.1, 0.15) is 0 Å². The van der Waals surface area contributed by atoms with Crippen molar-refractivity contribution in [2.24, 2.45) is 5.73 Å². The van der Waals surface area contributed by atoms with Crippen molar-refractivity contribution in [2.75, 3.05) is 6.54 Å². The Morgan fingerprint density at radius 2 is 2.09 bits per heavy atom. The van der Waals surface area contributed by atoms with Crippen LogP contribution in [0.3, 0.4) is 0 Å². The van der Waals surface area contributed by atoms with Crippen LogP contribution in [0.25, 0.3) is 0 Å². The molecule has 0 rings (SSSR count). The van der Waals surface area contributed by atoms with E-state index < -0.39 is 24.7 Å². The van der Waals surface area contributed by atoms with Crippen LogP contribution in [0.1, 0.15) is 6.92 Å². The molecular weight excluding hydrogens is 161 g/mol. The predicted molar refractivity (Wildman–Crippen MR) is 32.7 cm³/mol. The van der Waals surface area contributed by atoms with Gasteiger partial charge in [-0.15, -0.1) is 0 Å². The van der Waals surface area contributed by atoms with Crippen LogP contribution < -0.4 is 11.1 Å². The molecule has 0 aromatic heterocycles. The second-order valence-electron chi connectivity index (χ2n) is 2.09. The summed E-state index contributed by atoms with van der Waals surface area (Å²) in [5.41, 5.74) is 5.05. The third kappa shape index (κ3) is 4.74. The normalized spacial score (nSPS) is 14.6. The van der Waals surface area contributed by atoms with Gasteiger partial charge in [-0.25, -0.2) is 0 Å². The van der Waals surface area contributed by atoms with Crippen molar-refractivity contribution in [3.63, 3.8) is 0 Å². The van der Waals surface area contributed by atoms with Gasteiger partial charge >= 0.3 is 6.18 Å². The summed E-state index contributed by atoms with van der Waals surface area (Å²) in [4.78, 5) is 10.1. The van der Waals surface area contributed by atoms with Crippen LogP contribution >= 0.6 is 0 Å². The summed E-state index contributed by atoms with van der Waals surface area (Å²) in [5.74, 6) is -1.81. The van der Waals surface area contributed by atoms with E-state index in [0.29, 0.717) is 0 Å². The van der Waals surface area contributed by atoms with Crippen LogP contribution in [-0.2, 0) is 4.79 Å². The molecule has 1 unspecified atom stereocenters. The van der Waals surface area contributed by atoms with Crippen molar-refractivity contribution in [1.29, 1.82) is 0 Å². The zero-order valence-corrected chi connectivity index (χ0v) is 5.90. The lowest BCUT2D eigenvalue weighted by molar-refractivity contribution is -0.170. The van der Waals surface area contributed by atoms with E-state index in [1.54, 1.807) is 0 Å². The number of carbonyl (C=O) groups excluding carboxylic acids is 1. The summed E-state index contributed by atoms with van der Waals surface area (Å²) < 4.78 is 34.4. The summed E-state index contributed by atoms with van der Waals surface area (Å²) in [6.07, 6.45) is -5.37. The molecular formula is C5H9F3N2O. The third-order valence-electron chi connectivity index (χ3n) is 0.901. The summed E-state index contributed by atoms with van der Waals surface area (Å²) in [5, 5.41) is 2.16. The fourth-order valence-corrected chi connectivity index (χ4v) is 0.354. The number of nitrogens with two attached hydrogens (primary N) is 1. The van der Waals surface area contributed by atoms with E-state index in [4.69, 9.17) is 5.73 Å². The molecule has 0 aromatic carbocycles. The highest BCUT2D eigenvalue weighted by molar-refractivity contribution is 5.85. The van der Waals surface area contributed by atoms with Gasteiger partial charge in [-0.3, -0.25) is 10.1 Å². The fourth-order valence-electron chi connectivity index (χ4n) is 0.354. The molecule has 0 fully saturated rings. The van der Waals surface area contributed by atoms with Crippen LogP contribution in [-0.4, -0.2) is 24.7 Å². The minimum absolute atomic E-state index is 0.610. The number of carbonyl (C=O) groups is 1. The van der Waals surface area contributed by atoms with E-state index in [2.05, 4.69) is 5.32 Å². The van der Waals surface area contributed by atoms with Crippen LogP contribution in [0.15, 0.2) is 0 Å². The van der Waals surface area contributed by atoms with E-state index in [-0.39, 0.29) is 0 Å². The number of hydrogen-bond donors (Lipinski definition) is 2. The van der Waals surface area contributed by atoms with Crippen molar-refractivity contribution in [2.45, 2.75) is 19.3 Å². The lowest BCUT2D eigenvalue weighted by Gasteiger charge is -2.08. The molecule has 0 saturated heterocycles. The Kier molecular flexibility index (Phi) is 3.47. The first kappa shape index (κ1) is 10.4. The second-order valence-corrected chi connectivity index (χ2v) is 2.09. The average Bonchev–Trinajstić information content (AvgIpc) is 1.80. The first-order valence-electron chi connectivity index (χ1n) is 2.93. The molecule has 0 aliphatic rings. The van der Waals surface area contributed by atoms with Crippen LogP contribution in [0.2, 0.25) is 0 Å². The number of Topliss-reactive ketones (excluding diaryl/α,β-unsaturated/α-hetero) is 1. The number of hydrogen-bond acceptors (Lipinski definition) is 3. The fraction of sp³-hybridized carbons (Fsp3) is 0.800. The smallest absolute Gasteiger partial charge is 0.316 e. The minimum atomic E-state index is -4.76. The van der Waals surface area contributed by atoms with Crippen molar-refractivity contribution < 1.29 is 18.0 Å². The Morgan fingerprint density at radius 3 is 2.36 bits per heavy atom. The van der Waals surface area contributed by atoms with Crippen LogP contribution in [0.5, 0.6) is 0 Å². The summed E-state index contributed by atoms with van der Waals surface area (Å²) in [7, 11) is 0. The molecule has 66 valence electrons. The number of nitrogens with one attached hydrogen (secondary N) is 1. The van der Waals surface area contributed by atoms with Gasteiger partial charge in [0.25, 0.3) is 0 Å². The number of rotatable bonds is 3. The topological polar surface area (TPSA) is 55.1 Å². The quantitative estimate of drug-likeness (QED) is 0.587. The molecule has 6 heteroatoms. The molecule has 11 heavy (non-hydrogen) atoms. The molecule has 0 bridgehead atoms. The highest BCUT2D eigenvalue weighted by Crippen LogP contribution is 2.14. The maximum atomic E-state index is 11.5. The Balaban J connectivity index is 3.71. The molecule has 3 nitrogen and oxygen atoms in total. The van der Waals surface area contributed by atoms with Gasteiger partial charge in [-0.2, -0.15) is 13.2 Å². The first-order chi connectivity index (χ1) is 4.84. The van der Waals surface area contributed by atoms with Crippen LogP contribution in [0, 0.1) is 0 Å². The van der Waals surface area contributed by atoms with Gasteiger partial charge in [0.05, 0.1) is 12.7 Å². The lowest BCUT2D eigenvalue weighted by Crippen LogP contribution is -2.41. The molecule has 0 aliphatic carbocycles. The average molecular weight is 170 g/mol.